The Hall–Kier alpha value is -2.40. The first-order chi connectivity index (χ1) is 14.9. The minimum Gasteiger partial charge on any atom is -0.383 e. The van der Waals surface area contributed by atoms with Crippen LogP contribution in [0.5, 0.6) is 0 Å². The first-order valence-corrected chi connectivity index (χ1v) is 11.8. The van der Waals surface area contributed by atoms with Gasteiger partial charge in [0.15, 0.2) is 0 Å². The lowest BCUT2D eigenvalue weighted by atomic mass is 9.87. The molecule has 2 aromatic rings. The van der Waals surface area contributed by atoms with Crippen molar-refractivity contribution in [3.8, 4) is 11.1 Å². The average Bonchev–Trinajstić information content (AvgIpc) is 3.26. The summed E-state index contributed by atoms with van der Waals surface area (Å²) in [6, 6.07) is 11.5. The van der Waals surface area contributed by atoms with Gasteiger partial charge in [-0.1, -0.05) is 31.2 Å². The van der Waals surface area contributed by atoms with Gasteiger partial charge in [-0.25, -0.2) is 4.98 Å². The van der Waals surface area contributed by atoms with Crippen molar-refractivity contribution in [2.24, 2.45) is 5.92 Å². The molecule has 1 atom stereocenters. The first kappa shape index (κ1) is 21.8. The maximum absolute atomic E-state index is 12.9. The Labute approximate surface area is 186 Å². The maximum atomic E-state index is 12.9. The molecule has 0 bridgehead atoms. The van der Waals surface area contributed by atoms with E-state index < -0.39 is 0 Å². The molecule has 5 nitrogen and oxygen atoms in total. The molecule has 2 fully saturated rings. The summed E-state index contributed by atoms with van der Waals surface area (Å²) in [5.41, 5.74) is 9.92. The zero-order chi connectivity index (χ0) is 22.0. The van der Waals surface area contributed by atoms with Crippen LogP contribution in [0.1, 0.15) is 74.7 Å². The van der Waals surface area contributed by atoms with Gasteiger partial charge in [-0.2, -0.15) is 0 Å². The lowest BCUT2D eigenvalue weighted by Gasteiger charge is -2.27. The van der Waals surface area contributed by atoms with E-state index >= 15 is 0 Å². The molecule has 1 saturated carbocycles. The van der Waals surface area contributed by atoms with E-state index in [9.17, 15) is 4.79 Å². The van der Waals surface area contributed by atoms with Crippen LogP contribution < -0.4 is 11.1 Å². The van der Waals surface area contributed by atoms with Crippen LogP contribution in [0.3, 0.4) is 0 Å². The Balaban J connectivity index is 1.46. The van der Waals surface area contributed by atoms with E-state index in [-0.39, 0.29) is 11.9 Å². The summed E-state index contributed by atoms with van der Waals surface area (Å²) in [7, 11) is 0. The van der Waals surface area contributed by atoms with Gasteiger partial charge in [0.1, 0.15) is 5.82 Å². The minimum atomic E-state index is -0.109. The summed E-state index contributed by atoms with van der Waals surface area (Å²) in [6.45, 7) is 9.11. The van der Waals surface area contributed by atoms with Gasteiger partial charge in [-0.3, -0.25) is 4.79 Å². The molecule has 1 aliphatic heterocycles. The average molecular weight is 421 g/mol. The van der Waals surface area contributed by atoms with Crippen molar-refractivity contribution < 1.29 is 4.79 Å². The number of nitrogens with zero attached hydrogens (tertiary/aromatic N) is 2. The Kier molecular flexibility index (Phi) is 6.61. The van der Waals surface area contributed by atoms with Crippen LogP contribution in [-0.2, 0) is 0 Å². The second kappa shape index (κ2) is 9.39. The number of rotatable bonds is 5. The number of nitrogens with one attached hydrogen (secondary N) is 1. The van der Waals surface area contributed by atoms with Gasteiger partial charge in [-0.05, 0) is 81.5 Å². The van der Waals surface area contributed by atoms with Crippen LogP contribution in [0, 0.1) is 5.92 Å². The molecule has 1 aliphatic carbocycles. The van der Waals surface area contributed by atoms with Crippen LogP contribution in [0.25, 0.3) is 11.1 Å². The second-order valence-corrected chi connectivity index (χ2v) is 9.78. The van der Waals surface area contributed by atoms with Gasteiger partial charge in [0.2, 0.25) is 0 Å². The third-order valence-electron chi connectivity index (χ3n) is 7.18. The number of amides is 1. The van der Waals surface area contributed by atoms with Crippen molar-refractivity contribution in [3.63, 3.8) is 0 Å². The fourth-order valence-corrected chi connectivity index (χ4v) is 4.96. The van der Waals surface area contributed by atoms with Crippen LogP contribution in [0.15, 0.2) is 36.5 Å². The lowest BCUT2D eigenvalue weighted by molar-refractivity contribution is 0.0923. The number of carbonyl (C=O) groups is 1. The van der Waals surface area contributed by atoms with Gasteiger partial charge >= 0.3 is 0 Å². The summed E-state index contributed by atoms with van der Waals surface area (Å²) in [4.78, 5) is 19.7. The van der Waals surface area contributed by atoms with Crippen molar-refractivity contribution in [2.45, 2.75) is 70.9 Å². The molecule has 1 aromatic heterocycles. The first-order valence-electron chi connectivity index (χ1n) is 11.8. The number of aromatic nitrogens is 1. The molecule has 2 aliphatic rings. The number of pyridine rings is 1. The predicted molar refractivity (Wildman–Crippen MR) is 127 cm³/mol. The topological polar surface area (TPSA) is 71.2 Å². The van der Waals surface area contributed by atoms with Gasteiger partial charge < -0.3 is 16.0 Å². The highest BCUT2D eigenvalue weighted by atomic mass is 16.1. The van der Waals surface area contributed by atoms with E-state index in [2.05, 4.69) is 60.2 Å². The van der Waals surface area contributed by atoms with Crippen molar-refractivity contribution in [1.82, 2.24) is 15.2 Å². The highest BCUT2D eigenvalue weighted by Gasteiger charge is 2.25. The van der Waals surface area contributed by atoms with Crippen LogP contribution >= 0.6 is 0 Å². The van der Waals surface area contributed by atoms with E-state index in [0.29, 0.717) is 23.3 Å². The molecule has 4 rings (SSSR count). The van der Waals surface area contributed by atoms with E-state index in [1.54, 1.807) is 6.20 Å². The van der Waals surface area contributed by atoms with E-state index in [1.165, 1.54) is 31.4 Å². The van der Waals surface area contributed by atoms with Crippen molar-refractivity contribution in [3.05, 3.63) is 47.7 Å². The minimum absolute atomic E-state index is 0.109. The summed E-state index contributed by atoms with van der Waals surface area (Å²) in [5.74, 6) is 1.54. The molecule has 3 N–H and O–H groups in total. The summed E-state index contributed by atoms with van der Waals surface area (Å²) >= 11 is 0. The SMILES string of the molecule is CC1CCC(NC(=O)c2cc(-c3ccc([C@H]4CCN(C(C)C)C4)cc3)cnc2N)CC1. The maximum Gasteiger partial charge on any atom is 0.255 e. The molecule has 5 heteroatoms. The quantitative estimate of drug-likeness (QED) is 0.726. The van der Waals surface area contributed by atoms with E-state index in [4.69, 9.17) is 5.73 Å². The van der Waals surface area contributed by atoms with Gasteiger partial charge in [-0.15, -0.1) is 0 Å². The van der Waals surface area contributed by atoms with E-state index in [0.717, 1.165) is 36.4 Å². The van der Waals surface area contributed by atoms with Gasteiger partial charge in [0.05, 0.1) is 5.56 Å². The summed E-state index contributed by atoms with van der Waals surface area (Å²) in [5, 5.41) is 3.17. The van der Waals surface area contributed by atoms with Crippen molar-refractivity contribution in [1.29, 1.82) is 0 Å². The Bertz CT molecular complexity index is 900. The highest BCUT2D eigenvalue weighted by Crippen LogP contribution is 2.31. The molecule has 0 spiro atoms. The van der Waals surface area contributed by atoms with Gasteiger partial charge in [0, 0.05) is 30.4 Å². The second-order valence-electron chi connectivity index (χ2n) is 9.78. The number of nitrogen functional groups attached to an aromatic ring is 1. The third kappa shape index (κ3) is 5.09. The van der Waals surface area contributed by atoms with Gasteiger partial charge in [0.25, 0.3) is 5.91 Å². The number of carbonyl (C=O) groups excluding carboxylic acids is 1. The smallest absolute Gasteiger partial charge is 0.255 e. The number of nitrogens with two attached hydrogens (primary N) is 1. The zero-order valence-electron chi connectivity index (χ0n) is 19.1. The fourth-order valence-electron chi connectivity index (χ4n) is 4.96. The number of anilines is 1. The largest absolute Gasteiger partial charge is 0.383 e. The standard InChI is InChI=1S/C26H36N4O/c1-17(2)30-13-12-21(16-30)19-6-8-20(9-7-19)22-14-24(25(27)28-15-22)26(31)29-23-10-4-18(3)5-11-23/h6-9,14-15,17-18,21,23H,4-5,10-13,16H2,1-3H3,(H2,27,28)(H,29,31)/t18?,21-,23?/m0/s1. The third-order valence-corrected chi connectivity index (χ3v) is 7.18. The predicted octanol–water partition coefficient (Wildman–Crippen LogP) is 4.84. The number of benzene rings is 1. The Morgan fingerprint density at radius 3 is 2.45 bits per heavy atom. The molecule has 1 aromatic carbocycles. The van der Waals surface area contributed by atoms with Crippen LogP contribution in [0.2, 0.25) is 0 Å². The number of hydrogen-bond donors (Lipinski definition) is 2. The molecule has 0 unspecified atom stereocenters. The normalized spacial score (nSPS) is 24.5. The van der Waals surface area contributed by atoms with E-state index in [1.807, 2.05) is 6.07 Å². The molecule has 1 saturated heterocycles. The lowest BCUT2D eigenvalue weighted by Crippen LogP contribution is -2.37. The van der Waals surface area contributed by atoms with Crippen LogP contribution in [-0.4, -0.2) is 41.0 Å². The molecule has 0 radical (unpaired) electrons. The molecule has 166 valence electrons. The zero-order valence-corrected chi connectivity index (χ0v) is 19.1. The number of hydrogen-bond acceptors (Lipinski definition) is 4. The fraction of sp³-hybridized carbons (Fsp3) is 0.538. The number of likely N-dealkylation sites (tertiary alicyclic amines) is 1. The summed E-state index contributed by atoms with van der Waals surface area (Å²) < 4.78 is 0. The van der Waals surface area contributed by atoms with Crippen molar-refractivity contribution in [2.75, 3.05) is 18.8 Å². The monoisotopic (exact) mass is 420 g/mol. The Morgan fingerprint density at radius 1 is 1.10 bits per heavy atom. The molecule has 2 heterocycles. The molecular weight excluding hydrogens is 384 g/mol. The molecule has 31 heavy (non-hydrogen) atoms. The highest BCUT2D eigenvalue weighted by molar-refractivity contribution is 5.99. The Morgan fingerprint density at radius 2 is 1.81 bits per heavy atom. The molecular formula is C26H36N4O. The van der Waals surface area contributed by atoms with Crippen molar-refractivity contribution >= 4 is 11.7 Å². The molecule has 1 amide bonds. The summed E-state index contributed by atoms with van der Waals surface area (Å²) in [6.07, 6.45) is 7.39. The van der Waals surface area contributed by atoms with Crippen LogP contribution in [0.4, 0.5) is 5.82 Å².